The third-order valence-corrected chi connectivity index (χ3v) is 8.61. The van der Waals surface area contributed by atoms with E-state index in [1.54, 1.807) is 12.1 Å². The Hall–Kier alpha value is -2.14. The minimum absolute atomic E-state index is 0.125. The number of pyridine rings is 1. The summed E-state index contributed by atoms with van der Waals surface area (Å²) in [7, 11) is -1.55. The number of anilines is 2. The lowest BCUT2D eigenvalue weighted by molar-refractivity contribution is -0.113. The van der Waals surface area contributed by atoms with Gasteiger partial charge in [0.2, 0.25) is 15.9 Å². The number of thioether (sulfide) groups is 1. The molecule has 8 nitrogen and oxygen atoms in total. The van der Waals surface area contributed by atoms with Gasteiger partial charge in [-0.25, -0.2) is 13.4 Å². The lowest BCUT2D eigenvalue weighted by Gasteiger charge is -2.31. The highest BCUT2D eigenvalue weighted by Gasteiger charge is 2.27. The Bertz CT molecular complexity index is 1010. The minimum atomic E-state index is -3.53. The van der Waals surface area contributed by atoms with Crippen LogP contribution in [-0.2, 0) is 14.8 Å². The maximum Gasteiger partial charge on any atom is 0.244 e. The van der Waals surface area contributed by atoms with Gasteiger partial charge in [-0.15, -0.1) is 0 Å². The van der Waals surface area contributed by atoms with Gasteiger partial charge in [0.05, 0.1) is 10.8 Å². The SMILES string of the molecule is CN1CCN(S(=O)(=O)c2ccc(SCC(=O)Nc3ccc(N4CCCC4)cc3)nc2)CC1. The molecule has 10 heteroatoms. The predicted molar refractivity (Wildman–Crippen MR) is 128 cm³/mol. The molecule has 1 aromatic carbocycles. The number of piperazine rings is 1. The van der Waals surface area contributed by atoms with Crippen molar-refractivity contribution in [1.29, 1.82) is 0 Å². The summed E-state index contributed by atoms with van der Waals surface area (Å²) >= 11 is 1.28. The van der Waals surface area contributed by atoms with Crippen molar-refractivity contribution in [3.63, 3.8) is 0 Å². The van der Waals surface area contributed by atoms with Gasteiger partial charge in [0.1, 0.15) is 4.90 Å². The van der Waals surface area contributed by atoms with E-state index in [0.29, 0.717) is 18.1 Å². The van der Waals surface area contributed by atoms with Gasteiger partial charge in [-0.3, -0.25) is 4.79 Å². The molecule has 1 N–H and O–H groups in total. The molecule has 172 valence electrons. The Morgan fingerprint density at radius 3 is 2.31 bits per heavy atom. The molecule has 0 aliphatic carbocycles. The van der Waals surface area contributed by atoms with Gasteiger partial charge in [0.15, 0.2) is 0 Å². The van der Waals surface area contributed by atoms with Crippen LogP contribution in [-0.4, -0.2) is 80.6 Å². The summed E-state index contributed by atoms with van der Waals surface area (Å²) in [6.45, 7) is 4.58. The number of aromatic nitrogens is 1. The third kappa shape index (κ3) is 5.61. The molecule has 3 heterocycles. The summed E-state index contributed by atoms with van der Waals surface area (Å²) in [4.78, 5) is 21.2. The number of hydrogen-bond donors (Lipinski definition) is 1. The van der Waals surface area contributed by atoms with E-state index in [1.165, 1.54) is 40.8 Å². The Morgan fingerprint density at radius 1 is 1.00 bits per heavy atom. The average molecular weight is 476 g/mol. The van der Waals surface area contributed by atoms with E-state index in [-0.39, 0.29) is 16.6 Å². The summed E-state index contributed by atoms with van der Waals surface area (Å²) in [6.07, 6.45) is 3.84. The second kappa shape index (κ2) is 10.2. The molecule has 1 aromatic heterocycles. The summed E-state index contributed by atoms with van der Waals surface area (Å²) in [5, 5.41) is 3.51. The molecule has 2 saturated heterocycles. The predicted octanol–water partition coefficient (Wildman–Crippen LogP) is 2.35. The molecule has 0 radical (unpaired) electrons. The molecular formula is C22H29N5O3S2. The molecule has 0 bridgehead atoms. The quantitative estimate of drug-likeness (QED) is 0.615. The van der Waals surface area contributed by atoms with Crippen molar-refractivity contribution >= 4 is 39.1 Å². The molecule has 2 fully saturated rings. The molecule has 0 atom stereocenters. The maximum absolute atomic E-state index is 12.8. The molecule has 0 spiro atoms. The monoisotopic (exact) mass is 475 g/mol. The molecule has 2 aliphatic rings. The van der Waals surface area contributed by atoms with Gasteiger partial charge < -0.3 is 15.1 Å². The van der Waals surface area contributed by atoms with Crippen LogP contribution in [0, 0.1) is 0 Å². The van der Waals surface area contributed by atoms with Crippen molar-refractivity contribution in [3.05, 3.63) is 42.6 Å². The molecule has 0 saturated carbocycles. The van der Waals surface area contributed by atoms with E-state index in [9.17, 15) is 13.2 Å². The number of hydrogen-bond acceptors (Lipinski definition) is 7. The van der Waals surface area contributed by atoms with Crippen molar-refractivity contribution in [3.8, 4) is 0 Å². The first-order valence-corrected chi connectivity index (χ1v) is 13.3. The molecule has 2 aliphatic heterocycles. The smallest absolute Gasteiger partial charge is 0.244 e. The second-order valence-electron chi connectivity index (χ2n) is 8.12. The van der Waals surface area contributed by atoms with E-state index in [2.05, 4.69) is 20.1 Å². The Morgan fingerprint density at radius 2 is 1.69 bits per heavy atom. The maximum atomic E-state index is 12.8. The van der Waals surface area contributed by atoms with Crippen LogP contribution in [0.15, 0.2) is 52.5 Å². The molecular weight excluding hydrogens is 446 g/mol. The summed E-state index contributed by atoms with van der Waals surface area (Å²) in [5.41, 5.74) is 1.95. The summed E-state index contributed by atoms with van der Waals surface area (Å²) in [5.74, 6) is 0.0747. The van der Waals surface area contributed by atoms with Crippen LogP contribution < -0.4 is 10.2 Å². The number of carbonyl (C=O) groups is 1. The van der Waals surface area contributed by atoms with Gasteiger partial charge in [-0.1, -0.05) is 11.8 Å². The highest BCUT2D eigenvalue weighted by Crippen LogP contribution is 2.23. The number of nitrogens with one attached hydrogen (secondary N) is 1. The summed E-state index contributed by atoms with van der Waals surface area (Å²) < 4.78 is 27.1. The van der Waals surface area contributed by atoms with Crippen molar-refractivity contribution in [2.45, 2.75) is 22.8 Å². The molecule has 2 aromatic rings. The zero-order valence-electron chi connectivity index (χ0n) is 18.2. The Kier molecular flexibility index (Phi) is 7.34. The lowest BCUT2D eigenvalue weighted by Crippen LogP contribution is -2.47. The van der Waals surface area contributed by atoms with E-state index < -0.39 is 10.0 Å². The average Bonchev–Trinajstić information content (AvgIpc) is 3.34. The number of rotatable bonds is 7. The number of amides is 1. The minimum Gasteiger partial charge on any atom is -0.372 e. The Labute approximate surface area is 194 Å². The van der Waals surface area contributed by atoms with Crippen LogP contribution in [0.3, 0.4) is 0 Å². The number of benzene rings is 1. The van der Waals surface area contributed by atoms with E-state index >= 15 is 0 Å². The topological polar surface area (TPSA) is 85.8 Å². The van der Waals surface area contributed by atoms with Crippen LogP contribution in [0.5, 0.6) is 0 Å². The first-order valence-electron chi connectivity index (χ1n) is 10.8. The van der Waals surface area contributed by atoms with E-state index in [0.717, 1.165) is 31.9 Å². The van der Waals surface area contributed by atoms with Crippen LogP contribution >= 0.6 is 11.8 Å². The van der Waals surface area contributed by atoms with E-state index in [4.69, 9.17) is 0 Å². The first kappa shape index (κ1) is 23.0. The number of likely N-dealkylation sites (N-methyl/N-ethyl adjacent to an activating group) is 1. The highest BCUT2D eigenvalue weighted by molar-refractivity contribution is 7.99. The zero-order valence-corrected chi connectivity index (χ0v) is 19.9. The fourth-order valence-electron chi connectivity index (χ4n) is 3.85. The van der Waals surface area contributed by atoms with Crippen LogP contribution in [0.4, 0.5) is 11.4 Å². The van der Waals surface area contributed by atoms with Gasteiger partial charge in [0.25, 0.3) is 0 Å². The van der Waals surface area contributed by atoms with E-state index in [1.807, 2.05) is 31.3 Å². The first-order chi connectivity index (χ1) is 15.4. The fourth-order valence-corrected chi connectivity index (χ4v) is 5.86. The molecule has 4 rings (SSSR count). The van der Waals surface area contributed by atoms with Crippen molar-refractivity contribution < 1.29 is 13.2 Å². The van der Waals surface area contributed by atoms with Crippen LogP contribution in [0.25, 0.3) is 0 Å². The lowest BCUT2D eigenvalue weighted by atomic mass is 10.2. The molecule has 32 heavy (non-hydrogen) atoms. The van der Waals surface area contributed by atoms with Gasteiger partial charge >= 0.3 is 0 Å². The molecule has 1 amide bonds. The zero-order chi connectivity index (χ0) is 22.6. The van der Waals surface area contributed by atoms with Gasteiger partial charge in [-0.2, -0.15) is 4.31 Å². The largest absolute Gasteiger partial charge is 0.372 e. The van der Waals surface area contributed by atoms with Crippen molar-refractivity contribution in [1.82, 2.24) is 14.2 Å². The normalized spacial score (nSPS) is 18.1. The van der Waals surface area contributed by atoms with Crippen LogP contribution in [0.1, 0.15) is 12.8 Å². The fraction of sp³-hybridized carbons (Fsp3) is 0.455. The third-order valence-electron chi connectivity index (χ3n) is 5.78. The molecule has 0 unspecified atom stereocenters. The second-order valence-corrected chi connectivity index (χ2v) is 11.1. The highest BCUT2D eigenvalue weighted by atomic mass is 32.2. The van der Waals surface area contributed by atoms with Gasteiger partial charge in [-0.05, 0) is 56.3 Å². The van der Waals surface area contributed by atoms with Crippen molar-refractivity contribution in [2.24, 2.45) is 0 Å². The Balaban J connectivity index is 1.28. The van der Waals surface area contributed by atoms with Crippen LogP contribution in [0.2, 0.25) is 0 Å². The number of sulfonamides is 1. The van der Waals surface area contributed by atoms with Crippen molar-refractivity contribution in [2.75, 3.05) is 62.3 Å². The standard InChI is InChI=1S/C22H29N5O3S2/c1-25-12-14-27(15-13-25)32(29,30)20-8-9-22(23-16-20)31-17-21(28)24-18-4-6-19(7-5-18)26-10-2-3-11-26/h4-9,16H,2-3,10-15,17H2,1H3,(H,24,28). The summed E-state index contributed by atoms with van der Waals surface area (Å²) in [6, 6.07) is 11.1. The van der Waals surface area contributed by atoms with Gasteiger partial charge in [0, 0.05) is 56.8 Å². The number of nitrogens with zero attached hydrogens (tertiary/aromatic N) is 4. The number of carbonyl (C=O) groups excluding carboxylic acids is 1.